The lowest BCUT2D eigenvalue weighted by molar-refractivity contribution is 0.991. The van der Waals surface area contributed by atoms with E-state index in [1.54, 1.807) is 0 Å². The Kier molecular flexibility index (Phi) is 3.62. The molecular formula is C3H4Br2N2. The summed E-state index contributed by atoms with van der Waals surface area (Å²) in [6.07, 6.45) is 0. The van der Waals surface area contributed by atoms with Crippen LogP contribution in [0.25, 0.3) is 0 Å². The Hall–Kier alpha value is 0.410. The van der Waals surface area contributed by atoms with Crippen molar-refractivity contribution in [2.45, 2.75) is 9.78 Å². The van der Waals surface area contributed by atoms with E-state index in [-0.39, 0.29) is 9.78 Å². The molecule has 4 heteroatoms. The van der Waals surface area contributed by atoms with Crippen molar-refractivity contribution in [1.82, 2.24) is 0 Å². The number of rotatable bonds is 1. The van der Waals surface area contributed by atoms with Crippen LogP contribution in [0.15, 0.2) is 0 Å². The Morgan fingerprint density at radius 3 is 2.00 bits per heavy atom. The van der Waals surface area contributed by atoms with Gasteiger partial charge in [-0.15, -0.1) is 0 Å². The molecule has 0 aliphatic heterocycles. The van der Waals surface area contributed by atoms with Gasteiger partial charge in [0.05, 0.1) is 11.0 Å². The first-order valence-electron chi connectivity index (χ1n) is 1.62. The van der Waals surface area contributed by atoms with Crippen LogP contribution in [0.3, 0.4) is 0 Å². The van der Waals surface area contributed by atoms with Crippen LogP contribution in [0.2, 0.25) is 0 Å². The maximum atomic E-state index is 8.10. The van der Waals surface area contributed by atoms with E-state index in [9.17, 15) is 0 Å². The number of alkyl halides is 2. The smallest absolute Gasteiger partial charge is 0.126 e. The molecule has 2 N–H and O–H groups in total. The van der Waals surface area contributed by atoms with Crippen molar-refractivity contribution in [2.24, 2.45) is 5.73 Å². The Labute approximate surface area is 58.9 Å². The molecule has 0 aromatic carbocycles. The molecule has 2 nitrogen and oxygen atoms in total. The molecule has 0 aliphatic carbocycles. The van der Waals surface area contributed by atoms with E-state index in [0.717, 1.165) is 0 Å². The minimum atomic E-state index is -0.285. The van der Waals surface area contributed by atoms with Crippen LogP contribution in [0.4, 0.5) is 0 Å². The van der Waals surface area contributed by atoms with E-state index in [0.29, 0.717) is 0 Å². The molecule has 0 saturated carbocycles. The van der Waals surface area contributed by atoms with Crippen molar-refractivity contribution < 1.29 is 0 Å². The Morgan fingerprint density at radius 2 is 2.00 bits per heavy atom. The predicted octanol–water partition coefficient (Wildman–Crippen LogP) is 0.953. The summed E-state index contributed by atoms with van der Waals surface area (Å²) in [5.41, 5.74) is 5.19. The molecule has 0 aromatic heterocycles. The fourth-order valence-electron chi connectivity index (χ4n) is 0.0712. The summed E-state index contributed by atoms with van der Waals surface area (Å²) < 4.78 is 0. The standard InChI is InChI=1S/C3H4Br2N2/c4-2(1-6)3(5)7/h2-3H,7H2. The SMILES string of the molecule is N#CC(Br)C(N)Br. The van der Waals surface area contributed by atoms with Crippen molar-refractivity contribution in [2.75, 3.05) is 0 Å². The largest absolute Gasteiger partial charge is 0.317 e. The first-order valence-corrected chi connectivity index (χ1v) is 3.45. The summed E-state index contributed by atoms with van der Waals surface area (Å²) in [5, 5.41) is 8.10. The molecule has 0 aromatic rings. The zero-order valence-corrected chi connectivity index (χ0v) is 6.61. The van der Waals surface area contributed by atoms with Crippen LogP contribution in [-0.4, -0.2) is 9.78 Å². The van der Waals surface area contributed by atoms with E-state index in [2.05, 4.69) is 31.9 Å². The average Bonchev–Trinajstić information content (AvgIpc) is 1.65. The lowest BCUT2D eigenvalue weighted by atomic mass is 10.5. The first-order chi connectivity index (χ1) is 3.18. The van der Waals surface area contributed by atoms with Gasteiger partial charge in [-0.2, -0.15) is 5.26 Å². The third kappa shape index (κ3) is 3.03. The summed E-state index contributed by atoms with van der Waals surface area (Å²) >= 11 is 6.02. The van der Waals surface area contributed by atoms with Gasteiger partial charge in [0, 0.05) is 0 Å². The topological polar surface area (TPSA) is 49.8 Å². The Morgan fingerprint density at radius 1 is 1.57 bits per heavy atom. The second kappa shape index (κ2) is 3.42. The molecule has 0 heterocycles. The molecule has 0 radical (unpaired) electrons. The van der Waals surface area contributed by atoms with Crippen LogP contribution in [0.1, 0.15) is 0 Å². The van der Waals surface area contributed by atoms with E-state index < -0.39 is 0 Å². The molecular weight excluding hydrogens is 224 g/mol. The lowest BCUT2D eigenvalue weighted by Gasteiger charge is -1.98. The van der Waals surface area contributed by atoms with Gasteiger partial charge in [-0.05, 0) is 0 Å². The summed E-state index contributed by atoms with van der Waals surface area (Å²) in [6, 6.07) is 1.91. The van der Waals surface area contributed by atoms with E-state index >= 15 is 0 Å². The fourth-order valence-corrected chi connectivity index (χ4v) is 0.189. The van der Waals surface area contributed by atoms with E-state index in [1.807, 2.05) is 6.07 Å². The van der Waals surface area contributed by atoms with Gasteiger partial charge in [-0.1, -0.05) is 31.9 Å². The van der Waals surface area contributed by atoms with Crippen molar-refractivity contribution in [3.8, 4) is 6.07 Å². The normalized spacial score (nSPS) is 17.4. The van der Waals surface area contributed by atoms with Crippen LogP contribution >= 0.6 is 31.9 Å². The highest BCUT2D eigenvalue weighted by atomic mass is 79.9. The molecule has 0 saturated heterocycles. The van der Waals surface area contributed by atoms with Crippen LogP contribution in [0.5, 0.6) is 0 Å². The minimum absolute atomic E-state index is 0.266. The van der Waals surface area contributed by atoms with Gasteiger partial charge in [0.1, 0.15) is 4.83 Å². The van der Waals surface area contributed by atoms with Gasteiger partial charge in [-0.25, -0.2) is 0 Å². The second-order valence-corrected chi connectivity index (χ2v) is 3.02. The second-order valence-electron chi connectivity index (χ2n) is 0.975. The number of nitriles is 1. The van der Waals surface area contributed by atoms with Crippen molar-refractivity contribution in [3.63, 3.8) is 0 Å². The predicted molar refractivity (Wildman–Crippen MR) is 35.2 cm³/mol. The molecule has 0 spiro atoms. The molecule has 0 amide bonds. The molecule has 40 valence electrons. The zero-order valence-electron chi connectivity index (χ0n) is 3.44. The number of halogens is 2. The summed E-state index contributed by atoms with van der Waals surface area (Å²) in [4.78, 5) is -0.551. The number of hydrogen-bond donors (Lipinski definition) is 1. The maximum Gasteiger partial charge on any atom is 0.126 e. The van der Waals surface area contributed by atoms with Crippen LogP contribution < -0.4 is 5.73 Å². The molecule has 2 unspecified atom stereocenters. The van der Waals surface area contributed by atoms with E-state index in [1.165, 1.54) is 0 Å². The Balaban J connectivity index is 3.40. The van der Waals surface area contributed by atoms with E-state index in [4.69, 9.17) is 11.0 Å². The maximum absolute atomic E-state index is 8.10. The number of hydrogen-bond acceptors (Lipinski definition) is 2. The highest BCUT2D eigenvalue weighted by molar-refractivity contribution is 9.12. The monoisotopic (exact) mass is 226 g/mol. The zero-order chi connectivity index (χ0) is 5.86. The fraction of sp³-hybridized carbons (Fsp3) is 0.667. The van der Waals surface area contributed by atoms with Gasteiger partial charge in [0.2, 0.25) is 0 Å². The lowest BCUT2D eigenvalue weighted by Crippen LogP contribution is -2.21. The highest BCUT2D eigenvalue weighted by Gasteiger charge is 2.06. The van der Waals surface area contributed by atoms with Gasteiger partial charge < -0.3 is 5.73 Å². The third-order valence-electron chi connectivity index (χ3n) is 0.403. The van der Waals surface area contributed by atoms with Crippen LogP contribution in [-0.2, 0) is 0 Å². The van der Waals surface area contributed by atoms with Gasteiger partial charge in [-0.3, -0.25) is 0 Å². The van der Waals surface area contributed by atoms with Gasteiger partial charge in [0.25, 0.3) is 0 Å². The Bertz CT molecular complexity index is 85.4. The van der Waals surface area contributed by atoms with Crippen molar-refractivity contribution >= 4 is 31.9 Å². The van der Waals surface area contributed by atoms with Crippen LogP contribution in [0, 0.1) is 11.3 Å². The number of nitrogens with two attached hydrogens (primary N) is 1. The van der Waals surface area contributed by atoms with Gasteiger partial charge >= 0.3 is 0 Å². The molecule has 0 rings (SSSR count). The average molecular weight is 228 g/mol. The minimum Gasteiger partial charge on any atom is -0.317 e. The van der Waals surface area contributed by atoms with Gasteiger partial charge in [0.15, 0.2) is 0 Å². The van der Waals surface area contributed by atoms with Crippen molar-refractivity contribution in [1.29, 1.82) is 5.26 Å². The summed E-state index contributed by atoms with van der Waals surface area (Å²) in [5.74, 6) is 0. The molecule has 2 atom stereocenters. The highest BCUT2D eigenvalue weighted by Crippen LogP contribution is 2.06. The summed E-state index contributed by atoms with van der Waals surface area (Å²) in [6.45, 7) is 0. The molecule has 0 aliphatic rings. The third-order valence-corrected chi connectivity index (χ3v) is 2.42. The quantitative estimate of drug-likeness (QED) is 0.536. The summed E-state index contributed by atoms with van der Waals surface area (Å²) in [7, 11) is 0. The molecule has 7 heavy (non-hydrogen) atoms. The number of nitrogens with zero attached hydrogens (tertiary/aromatic N) is 1. The first kappa shape index (κ1) is 7.41. The molecule has 0 bridgehead atoms. The van der Waals surface area contributed by atoms with Crippen molar-refractivity contribution in [3.05, 3.63) is 0 Å². The molecule has 0 fully saturated rings.